The Balaban J connectivity index is 1.45. The highest BCUT2D eigenvalue weighted by Gasteiger charge is 2.42. The van der Waals surface area contributed by atoms with Crippen LogP contribution in [-0.4, -0.2) is 24.5 Å². The molecule has 0 bridgehead atoms. The van der Waals surface area contributed by atoms with Crippen molar-refractivity contribution < 1.29 is 9.53 Å². The Kier molecular flexibility index (Phi) is 5.75. The third-order valence-electron chi connectivity index (χ3n) is 5.94. The first-order valence-electron chi connectivity index (χ1n) is 10.6. The molecule has 0 fully saturated rings. The zero-order valence-electron chi connectivity index (χ0n) is 17.6. The van der Waals surface area contributed by atoms with Gasteiger partial charge < -0.3 is 15.0 Å². The number of hydrogen-bond acceptors (Lipinski definition) is 3. The fraction of sp³-hybridized carbons (Fsp3) is 0.269. The molecular formula is C26H28N2O2. The average molecular weight is 401 g/mol. The molecule has 1 N–H and O–H groups in total. The van der Waals surface area contributed by atoms with Gasteiger partial charge in [0.15, 0.2) is 0 Å². The van der Waals surface area contributed by atoms with Gasteiger partial charge >= 0.3 is 0 Å². The Labute approximate surface area is 178 Å². The average Bonchev–Trinajstić information content (AvgIpc) is 2.80. The maximum atomic E-state index is 13.0. The van der Waals surface area contributed by atoms with Crippen molar-refractivity contribution in [3.05, 3.63) is 95.6 Å². The molecule has 1 heterocycles. The van der Waals surface area contributed by atoms with Crippen LogP contribution in [0, 0.1) is 0 Å². The van der Waals surface area contributed by atoms with E-state index in [-0.39, 0.29) is 5.91 Å². The van der Waals surface area contributed by atoms with Gasteiger partial charge in [0.2, 0.25) is 0 Å². The molecule has 30 heavy (non-hydrogen) atoms. The summed E-state index contributed by atoms with van der Waals surface area (Å²) in [7, 11) is 1.86. The Hall–Kier alpha value is -3.27. The fourth-order valence-electron chi connectivity index (χ4n) is 4.17. The number of aryl methyl sites for hydroxylation is 1. The highest BCUT2D eigenvalue weighted by Crippen LogP contribution is 2.39. The number of hydrogen-bond donors (Lipinski definition) is 1. The number of nitrogens with zero attached hydrogens (tertiary/aromatic N) is 1. The molecular weight excluding hydrogens is 372 g/mol. The van der Waals surface area contributed by atoms with Gasteiger partial charge in [-0.25, -0.2) is 0 Å². The predicted molar refractivity (Wildman–Crippen MR) is 121 cm³/mol. The fourth-order valence-corrected chi connectivity index (χ4v) is 4.17. The summed E-state index contributed by atoms with van der Waals surface area (Å²) in [6.07, 6.45) is 2.73. The molecule has 0 aliphatic carbocycles. The van der Waals surface area contributed by atoms with E-state index in [0.29, 0.717) is 12.2 Å². The molecule has 4 nitrogen and oxygen atoms in total. The van der Waals surface area contributed by atoms with E-state index >= 15 is 0 Å². The first-order valence-corrected chi connectivity index (χ1v) is 10.6. The highest BCUT2D eigenvalue weighted by molar-refractivity contribution is 6.02. The molecule has 154 valence electrons. The van der Waals surface area contributed by atoms with Gasteiger partial charge in [0.25, 0.3) is 5.91 Å². The van der Waals surface area contributed by atoms with Crippen molar-refractivity contribution in [3.8, 4) is 5.75 Å². The zero-order chi connectivity index (χ0) is 21.0. The number of benzene rings is 3. The molecule has 0 radical (unpaired) electrons. The number of fused-ring (bicyclic) bond motifs is 1. The van der Waals surface area contributed by atoms with Crippen LogP contribution in [-0.2, 0) is 12.1 Å². The molecule has 1 unspecified atom stereocenters. The molecule has 1 aliphatic heterocycles. The van der Waals surface area contributed by atoms with Crippen LogP contribution in [0.4, 0.5) is 5.69 Å². The summed E-state index contributed by atoms with van der Waals surface area (Å²) in [5, 5.41) is 3.61. The van der Waals surface area contributed by atoms with E-state index in [9.17, 15) is 4.79 Å². The lowest BCUT2D eigenvalue weighted by molar-refractivity contribution is 0.0572. The first-order chi connectivity index (χ1) is 14.6. The Morgan fingerprint density at radius 1 is 0.933 bits per heavy atom. The van der Waals surface area contributed by atoms with E-state index in [1.54, 1.807) is 0 Å². The Morgan fingerprint density at radius 2 is 1.63 bits per heavy atom. The minimum absolute atomic E-state index is 0.0347. The molecule has 0 saturated heterocycles. The minimum atomic E-state index is -0.572. The third-order valence-corrected chi connectivity index (χ3v) is 5.94. The van der Waals surface area contributed by atoms with Gasteiger partial charge in [0, 0.05) is 12.7 Å². The van der Waals surface area contributed by atoms with Gasteiger partial charge in [0.05, 0.1) is 12.2 Å². The van der Waals surface area contributed by atoms with Gasteiger partial charge in [-0.15, -0.1) is 0 Å². The lowest BCUT2D eigenvalue weighted by Crippen LogP contribution is -2.55. The van der Waals surface area contributed by atoms with Crippen LogP contribution in [0.25, 0.3) is 0 Å². The topological polar surface area (TPSA) is 41.6 Å². The van der Waals surface area contributed by atoms with E-state index in [1.165, 1.54) is 5.56 Å². The van der Waals surface area contributed by atoms with E-state index in [4.69, 9.17) is 4.74 Å². The quantitative estimate of drug-likeness (QED) is 0.536. The standard InChI is InChI=1S/C26H28N2O2/c1-3-26(27-24-14-8-7-13-23(24)25(29)28(26)2)21-15-17-22(18-16-21)30-19-9-12-20-10-5-4-6-11-20/h4-8,10-11,13-18,27H,3,9,12,19H2,1-2H3. The number of amides is 1. The van der Waals surface area contributed by atoms with Crippen LogP contribution in [0.5, 0.6) is 5.75 Å². The molecule has 0 aromatic heterocycles. The van der Waals surface area contributed by atoms with Gasteiger partial charge in [-0.2, -0.15) is 0 Å². The molecule has 1 atom stereocenters. The Morgan fingerprint density at radius 3 is 2.37 bits per heavy atom. The number of para-hydroxylation sites is 1. The summed E-state index contributed by atoms with van der Waals surface area (Å²) in [4.78, 5) is 14.8. The van der Waals surface area contributed by atoms with E-state index in [0.717, 1.165) is 36.3 Å². The number of carbonyl (C=O) groups is 1. The normalized spacial score (nSPS) is 17.9. The maximum absolute atomic E-state index is 13.0. The summed E-state index contributed by atoms with van der Waals surface area (Å²) in [5.41, 5.74) is 3.40. The smallest absolute Gasteiger partial charge is 0.257 e. The second kappa shape index (κ2) is 8.62. The third kappa shape index (κ3) is 3.78. The SMILES string of the molecule is CCC1(c2ccc(OCCCc3ccccc3)cc2)Nc2ccccc2C(=O)N1C. The summed E-state index contributed by atoms with van der Waals surface area (Å²) in [5.74, 6) is 0.885. The number of rotatable bonds is 7. The van der Waals surface area contributed by atoms with Crippen molar-refractivity contribution >= 4 is 11.6 Å². The van der Waals surface area contributed by atoms with Crippen molar-refractivity contribution in [2.24, 2.45) is 0 Å². The summed E-state index contributed by atoms with van der Waals surface area (Å²) in [6.45, 7) is 2.77. The van der Waals surface area contributed by atoms with Crippen LogP contribution >= 0.6 is 0 Å². The molecule has 4 heteroatoms. The molecule has 3 aromatic carbocycles. The monoisotopic (exact) mass is 400 g/mol. The van der Waals surface area contributed by atoms with Gasteiger partial charge in [0.1, 0.15) is 11.4 Å². The number of ether oxygens (including phenoxy) is 1. The second-order valence-corrected chi connectivity index (χ2v) is 7.71. The van der Waals surface area contributed by atoms with Gasteiger partial charge in [-0.3, -0.25) is 4.79 Å². The highest BCUT2D eigenvalue weighted by atomic mass is 16.5. The second-order valence-electron chi connectivity index (χ2n) is 7.71. The Bertz CT molecular complexity index is 1000. The maximum Gasteiger partial charge on any atom is 0.257 e. The molecule has 1 aliphatic rings. The summed E-state index contributed by atoms with van der Waals surface area (Å²) >= 11 is 0. The van der Waals surface area contributed by atoms with E-state index in [1.807, 2.05) is 54.4 Å². The van der Waals surface area contributed by atoms with Crippen LogP contribution in [0.2, 0.25) is 0 Å². The lowest BCUT2D eigenvalue weighted by atomic mass is 9.90. The number of carbonyl (C=O) groups excluding carboxylic acids is 1. The molecule has 1 amide bonds. The minimum Gasteiger partial charge on any atom is -0.494 e. The van der Waals surface area contributed by atoms with E-state index in [2.05, 4.69) is 48.6 Å². The van der Waals surface area contributed by atoms with Crippen LogP contribution < -0.4 is 10.1 Å². The van der Waals surface area contributed by atoms with Crippen LogP contribution in [0.3, 0.4) is 0 Å². The molecule has 0 spiro atoms. The van der Waals surface area contributed by atoms with Crippen molar-refractivity contribution in [2.45, 2.75) is 31.8 Å². The lowest BCUT2D eigenvalue weighted by Gasteiger charge is -2.46. The first kappa shape index (κ1) is 20.0. The van der Waals surface area contributed by atoms with Gasteiger partial charge in [-0.05, 0) is 54.7 Å². The van der Waals surface area contributed by atoms with Crippen molar-refractivity contribution in [3.63, 3.8) is 0 Å². The number of nitrogens with one attached hydrogen (secondary N) is 1. The molecule has 4 rings (SSSR count). The summed E-state index contributed by atoms with van der Waals surface area (Å²) < 4.78 is 5.94. The van der Waals surface area contributed by atoms with Gasteiger partial charge in [-0.1, -0.05) is 61.5 Å². The van der Waals surface area contributed by atoms with Crippen LogP contribution in [0.1, 0.15) is 41.3 Å². The van der Waals surface area contributed by atoms with Crippen LogP contribution in [0.15, 0.2) is 78.9 Å². The molecule has 3 aromatic rings. The van der Waals surface area contributed by atoms with Crippen molar-refractivity contribution in [1.29, 1.82) is 0 Å². The molecule has 0 saturated carbocycles. The van der Waals surface area contributed by atoms with Crippen molar-refractivity contribution in [1.82, 2.24) is 4.90 Å². The largest absolute Gasteiger partial charge is 0.494 e. The van der Waals surface area contributed by atoms with E-state index < -0.39 is 5.66 Å². The predicted octanol–water partition coefficient (Wildman–Crippen LogP) is 5.46. The number of anilines is 1. The van der Waals surface area contributed by atoms with Crippen molar-refractivity contribution in [2.75, 3.05) is 19.0 Å². The summed E-state index contributed by atoms with van der Waals surface area (Å²) in [6, 6.07) is 26.3. The zero-order valence-corrected chi connectivity index (χ0v) is 17.6.